The van der Waals surface area contributed by atoms with Gasteiger partial charge in [-0.25, -0.2) is 5.43 Å². The van der Waals surface area contributed by atoms with Crippen molar-refractivity contribution in [2.24, 2.45) is 16.9 Å². The Bertz CT molecular complexity index is 685. The zero-order chi connectivity index (χ0) is 22.4. The molecule has 2 N–H and O–H groups in total. The average Bonchev–Trinajstić information content (AvgIpc) is 3.13. The molecule has 2 amide bonds. The van der Waals surface area contributed by atoms with Gasteiger partial charge < -0.3 is 15.1 Å². The van der Waals surface area contributed by atoms with Gasteiger partial charge in [-0.15, -0.1) is 5.10 Å². The van der Waals surface area contributed by atoms with E-state index in [-0.39, 0.29) is 17.7 Å². The number of Topliss-reactive ketones (excluding diaryl/α,β-unsaturated/α-hetero) is 1. The van der Waals surface area contributed by atoms with Crippen LogP contribution in [0.2, 0.25) is 0 Å². The van der Waals surface area contributed by atoms with Gasteiger partial charge in [0.05, 0.1) is 0 Å². The number of likely N-dealkylation sites (N-methyl/N-ethyl adjacent to an activating group) is 2. The third-order valence-corrected chi connectivity index (χ3v) is 7.50. The number of hydrogen-bond donors (Lipinski definition) is 2. The van der Waals surface area contributed by atoms with Crippen molar-refractivity contribution in [1.29, 1.82) is 0 Å². The van der Waals surface area contributed by atoms with Crippen molar-refractivity contribution in [2.45, 2.75) is 83.1 Å². The van der Waals surface area contributed by atoms with Crippen molar-refractivity contribution in [2.75, 3.05) is 27.2 Å². The van der Waals surface area contributed by atoms with E-state index in [4.69, 9.17) is 0 Å². The van der Waals surface area contributed by atoms with Crippen molar-refractivity contribution < 1.29 is 14.4 Å². The van der Waals surface area contributed by atoms with Crippen molar-refractivity contribution in [1.82, 2.24) is 20.5 Å². The van der Waals surface area contributed by atoms with Crippen LogP contribution in [0.15, 0.2) is 5.10 Å². The summed E-state index contributed by atoms with van der Waals surface area (Å²) in [6.45, 7) is 3.54. The fraction of sp³-hybridized carbons (Fsp3) is 0.826. The molecule has 8 nitrogen and oxygen atoms in total. The average molecular weight is 434 g/mol. The minimum absolute atomic E-state index is 0.0125. The number of carbonyl (C=O) groups excluding carboxylic acids is 3. The number of nitrogens with one attached hydrogen (secondary N) is 2. The van der Waals surface area contributed by atoms with Gasteiger partial charge in [0.1, 0.15) is 5.54 Å². The summed E-state index contributed by atoms with van der Waals surface area (Å²) < 4.78 is 0. The van der Waals surface area contributed by atoms with Gasteiger partial charge in [-0.05, 0) is 38.0 Å². The van der Waals surface area contributed by atoms with Gasteiger partial charge in [0.25, 0.3) is 0 Å². The number of carbonyl (C=O) groups is 3. The second-order valence-corrected chi connectivity index (χ2v) is 9.51. The Hall–Kier alpha value is -2.12. The predicted octanol–water partition coefficient (Wildman–Crippen LogP) is 2.25. The maximum Gasteiger partial charge on any atom is 0.310 e. The summed E-state index contributed by atoms with van der Waals surface area (Å²) in [5.41, 5.74) is 1.34. The van der Waals surface area contributed by atoms with Crippen LogP contribution < -0.4 is 10.7 Å². The van der Waals surface area contributed by atoms with Crippen LogP contribution in [0.3, 0.4) is 0 Å². The Morgan fingerprint density at radius 2 is 1.48 bits per heavy atom. The van der Waals surface area contributed by atoms with Gasteiger partial charge >= 0.3 is 5.91 Å². The summed E-state index contributed by atoms with van der Waals surface area (Å²) in [7, 11) is 3.80. The van der Waals surface area contributed by atoms with Crippen LogP contribution in [0.5, 0.6) is 0 Å². The van der Waals surface area contributed by atoms with Crippen molar-refractivity contribution >= 4 is 23.6 Å². The normalized spacial score (nSPS) is 22.7. The van der Waals surface area contributed by atoms with E-state index >= 15 is 0 Å². The van der Waals surface area contributed by atoms with E-state index in [0.717, 1.165) is 77.3 Å². The molecule has 174 valence electrons. The molecule has 1 heterocycles. The molecule has 3 rings (SSSR count). The monoisotopic (exact) mass is 433 g/mol. The number of rotatable bonds is 7. The first-order valence-electron chi connectivity index (χ1n) is 12.1. The first-order valence-corrected chi connectivity index (χ1v) is 12.1. The summed E-state index contributed by atoms with van der Waals surface area (Å²) in [5, 5.41) is 7.33. The molecular weight excluding hydrogens is 394 g/mol. The molecule has 0 radical (unpaired) electrons. The molecule has 8 heteroatoms. The Balaban J connectivity index is 1.80. The Labute approximate surface area is 186 Å². The molecule has 3 fully saturated rings. The molecule has 0 bridgehead atoms. The summed E-state index contributed by atoms with van der Waals surface area (Å²) in [4.78, 5) is 43.5. The van der Waals surface area contributed by atoms with E-state index in [1.165, 1.54) is 0 Å². The number of ketones is 1. The largest absolute Gasteiger partial charge is 0.343 e. The lowest BCUT2D eigenvalue weighted by molar-refractivity contribution is -0.146. The molecule has 1 saturated heterocycles. The lowest BCUT2D eigenvalue weighted by Gasteiger charge is -2.42. The minimum Gasteiger partial charge on any atom is -0.343 e. The number of hydrogen-bond acceptors (Lipinski definition) is 4. The molecule has 2 saturated carbocycles. The fourth-order valence-corrected chi connectivity index (χ4v) is 5.48. The molecule has 0 aromatic rings. The highest BCUT2D eigenvalue weighted by molar-refractivity contribution is 6.40. The van der Waals surface area contributed by atoms with Crippen molar-refractivity contribution in [3.8, 4) is 0 Å². The first-order chi connectivity index (χ1) is 14.9. The Morgan fingerprint density at radius 3 is 2.03 bits per heavy atom. The maximum absolute atomic E-state index is 13.6. The Kier molecular flexibility index (Phi) is 7.94. The number of hydrazone groups is 1. The molecule has 1 aliphatic heterocycles. The van der Waals surface area contributed by atoms with E-state index in [2.05, 4.69) is 15.8 Å². The van der Waals surface area contributed by atoms with Gasteiger partial charge in [0.2, 0.25) is 17.6 Å². The second-order valence-electron chi connectivity index (χ2n) is 9.51. The molecule has 0 spiro atoms. The lowest BCUT2D eigenvalue weighted by atomic mass is 9.70. The SMILES string of the molecule is CCC(NC(=O)C1CCCCC1)(C(=O)C(=O)NN=C1N(C)CCN1C)C1CCCCC1. The number of nitrogens with zero attached hydrogens (tertiary/aromatic N) is 3. The fourth-order valence-electron chi connectivity index (χ4n) is 5.48. The van der Waals surface area contributed by atoms with Crippen LogP contribution in [0.4, 0.5) is 0 Å². The molecule has 2 aliphatic carbocycles. The number of guanidine groups is 1. The zero-order valence-electron chi connectivity index (χ0n) is 19.4. The molecule has 3 aliphatic rings. The summed E-state index contributed by atoms with van der Waals surface area (Å²) in [6.07, 6.45) is 10.3. The van der Waals surface area contributed by atoms with E-state index in [0.29, 0.717) is 12.4 Å². The van der Waals surface area contributed by atoms with E-state index < -0.39 is 17.2 Å². The maximum atomic E-state index is 13.6. The highest BCUT2D eigenvalue weighted by Gasteiger charge is 2.49. The van der Waals surface area contributed by atoms with Gasteiger partial charge in [0.15, 0.2) is 0 Å². The zero-order valence-corrected chi connectivity index (χ0v) is 19.4. The number of amides is 2. The van der Waals surface area contributed by atoms with Crippen molar-refractivity contribution in [3.05, 3.63) is 0 Å². The Morgan fingerprint density at radius 1 is 0.935 bits per heavy atom. The highest BCUT2D eigenvalue weighted by Crippen LogP contribution is 2.36. The summed E-state index contributed by atoms with van der Waals surface area (Å²) in [5.74, 6) is -0.792. The smallest absolute Gasteiger partial charge is 0.310 e. The minimum atomic E-state index is -1.15. The van der Waals surface area contributed by atoms with E-state index in [9.17, 15) is 14.4 Å². The molecule has 0 aromatic heterocycles. The summed E-state index contributed by atoms with van der Waals surface area (Å²) in [6, 6.07) is 0. The predicted molar refractivity (Wildman–Crippen MR) is 120 cm³/mol. The lowest BCUT2D eigenvalue weighted by Crippen LogP contribution is -2.63. The van der Waals surface area contributed by atoms with Gasteiger partial charge in [-0.1, -0.05) is 45.4 Å². The van der Waals surface area contributed by atoms with Crippen LogP contribution in [-0.4, -0.2) is 66.1 Å². The third-order valence-electron chi connectivity index (χ3n) is 7.50. The molecule has 1 atom stereocenters. The van der Waals surface area contributed by atoms with Crippen LogP contribution in [0, 0.1) is 11.8 Å². The molecule has 0 aromatic carbocycles. The van der Waals surface area contributed by atoms with E-state index in [1.54, 1.807) is 0 Å². The van der Waals surface area contributed by atoms with Gasteiger partial charge in [-0.2, -0.15) is 0 Å². The van der Waals surface area contributed by atoms with Gasteiger partial charge in [0, 0.05) is 33.1 Å². The van der Waals surface area contributed by atoms with Crippen LogP contribution in [0.25, 0.3) is 0 Å². The molecular formula is C23H39N5O3. The quantitative estimate of drug-likeness (QED) is 0.474. The standard InChI is InChI=1S/C23H39N5O3/c1-4-23(18-13-9-6-10-14-18,24-20(30)17-11-7-5-8-12-17)19(29)21(31)25-26-22-27(2)15-16-28(22)3/h17-18H,4-16H2,1-3H3,(H,24,30)(H,25,31). The first kappa shape index (κ1) is 23.5. The molecule has 31 heavy (non-hydrogen) atoms. The topological polar surface area (TPSA) is 94.1 Å². The van der Waals surface area contributed by atoms with Crippen molar-refractivity contribution in [3.63, 3.8) is 0 Å². The summed E-state index contributed by atoms with van der Waals surface area (Å²) >= 11 is 0. The second kappa shape index (κ2) is 10.5. The van der Waals surface area contributed by atoms with Crippen LogP contribution in [-0.2, 0) is 14.4 Å². The highest BCUT2D eigenvalue weighted by atomic mass is 16.2. The molecule has 1 unspecified atom stereocenters. The van der Waals surface area contributed by atoms with Gasteiger partial charge in [-0.3, -0.25) is 14.4 Å². The van der Waals surface area contributed by atoms with Crippen LogP contribution in [0.1, 0.15) is 77.6 Å². The third kappa shape index (κ3) is 5.21. The van der Waals surface area contributed by atoms with E-state index in [1.807, 2.05) is 30.8 Å². The van der Waals surface area contributed by atoms with Crippen LogP contribution >= 0.6 is 0 Å².